The van der Waals surface area contributed by atoms with Gasteiger partial charge in [-0.25, -0.2) is 4.79 Å². The van der Waals surface area contributed by atoms with Gasteiger partial charge < -0.3 is 15.0 Å². The zero-order valence-corrected chi connectivity index (χ0v) is 12.5. The second kappa shape index (κ2) is 6.47. The van der Waals surface area contributed by atoms with Gasteiger partial charge in [-0.2, -0.15) is 0 Å². The molecule has 0 bridgehead atoms. The van der Waals surface area contributed by atoms with Crippen LogP contribution in [-0.4, -0.2) is 29.1 Å². The number of pyridine rings is 1. The Morgan fingerprint density at radius 3 is 2.68 bits per heavy atom. The normalized spacial score (nSPS) is 13.5. The van der Waals surface area contributed by atoms with Crippen molar-refractivity contribution in [3.63, 3.8) is 0 Å². The molecule has 0 saturated heterocycles. The van der Waals surface area contributed by atoms with Crippen LogP contribution in [0.25, 0.3) is 0 Å². The first-order chi connectivity index (χ1) is 10.8. The molecule has 0 atom stereocenters. The van der Waals surface area contributed by atoms with E-state index < -0.39 is 0 Å². The van der Waals surface area contributed by atoms with Crippen molar-refractivity contribution in [1.29, 1.82) is 0 Å². The van der Waals surface area contributed by atoms with Crippen molar-refractivity contribution in [2.45, 2.75) is 25.4 Å². The Balaban J connectivity index is 1.73. The number of urea groups is 1. The van der Waals surface area contributed by atoms with Gasteiger partial charge in [-0.05, 0) is 42.7 Å². The molecule has 1 aromatic carbocycles. The highest BCUT2D eigenvalue weighted by Crippen LogP contribution is 2.30. The van der Waals surface area contributed by atoms with Crippen molar-refractivity contribution in [2.75, 3.05) is 12.4 Å². The van der Waals surface area contributed by atoms with Gasteiger partial charge >= 0.3 is 6.03 Å². The number of methoxy groups -OCH3 is 1. The molecule has 0 radical (unpaired) electrons. The first-order valence-electron chi connectivity index (χ1n) is 7.37. The summed E-state index contributed by atoms with van der Waals surface area (Å²) in [5, 5.41) is 2.95. The van der Waals surface area contributed by atoms with E-state index in [4.69, 9.17) is 4.74 Å². The number of para-hydroxylation sites is 2. The summed E-state index contributed by atoms with van der Waals surface area (Å²) in [5.41, 5.74) is 1.77. The van der Waals surface area contributed by atoms with Crippen LogP contribution in [0.4, 0.5) is 10.5 Å². The standard InChI is InChI=1S/C17H19N3O2/c1-22-16-5-3-2-4-15(16)19-17(21)20(14-6-7-14)12-13-8-10-18-11-9-13/h2-5,8-11,14H,6-7,12H2,1H3,(H,19,21). The number of carbonyl (C=O) groups excluding carboxylic acids is 1. The van der Waals surface area contributed by atoms with Gasteiger partial charge in [-0.15, -0.1) is 0 Å². The van der Waals surface area contributed by atoms with Crippen molar-refractivity contribution < 1.29 is 9.53 Å². The molecule has 0 unspecified atom stereocenters. The molecular weight excluding hydrogens is 278 g/mol. The van der Waals surface area contributed by atoms with Gasteiger partial charge in [0.2, 0.25) is 0 Å². The fourth-order valence-corrected chi connectivity index (χ4v) is 2.37. The maximum atomic E-state index is 12.6. The van der Waals surface area contributed by atoms with E-state index in [1.165, 1.54) is 0 Å². The highest BCUT2D eigenvalue weighted by atomic mass is 16.5. The fraction of sp³-hybridized carbons (Fsp3) is 0.294. The van der Waals surface area contributed by atoms with E-state index in [1.54, 1.807) is 19.5 Å². The predicted octanol–water partition coefficient (Wildman–Crippen LogP) is 3.29. The Labute approximate surface area is 129 Å². The number of amides is 2. The van der Waals surface area contributed by atoms with Gasteiger partial charge in [0.1, 0.15) is 5.75 Å². The van der Waals surface area contributed by atoms with E-state index in [-0.39, 0.29) is 6.03 Å². The lowest BCUT2D eigenvalue weighted by Gasteiger charge is -2.23. The Morgan fingerprint density at radius 2 is 2.00 bits per heavy atom. The van der Waals surface area contributed by atoms with Gasteiger partial charge in [0.05, 0.1) is 12.8 Å². The topological polar surface area (TPSA) is 54.5 Å². The fourth-order valence-electron chi connectivity index (χ4n) is 2.37. The lowest BCUT2D eigenvalue weighted by molar-refractivity contribution is 0.206. The second-order valence-electron chi connectivity index (χ2n) is 5.34. The Bertz CT molecular complexity index is 641. The summed E-state index contributed by atoms with van der Waals surface area (Å²) in [6, 6.07) is 11.5. The van der Waals surface area contributed by atoms with Crippen LogP contribution in [0.15, 0.2) is 48.8 Å². The summed E-state index contributed by atoms with van der Waals surface area (Å²) in [7, 11) is 1.60. The first kappa shape index (κ1) is 14.4. The van der Waals surface area contributed by atoms with Crippen LogP contribution in [0.3, 0.4) is 0 Å². The number of carbonyl (C=O) groups is 1. The van der Waals surface area contributed by atoms with Crippen molar-refractivity contribution in [2.24, 2.45) is 0 Å². The minimum atomic E-state index is -0.0937. The second-order valence-corrected chi connectivity index (χ2v) is 5.34. The zero-order chi connectivity index (χ0) is 15.4. The number of ether oxygens (including phenoxy) is 1. The highest BCUT2D eigenvalue weighted by Gasteiger charge is 2.32. The summed E-state index contributed by atoms with van der Waals surface area (Å²) in [6.45, 7) is 0.591. The maximum absolute atomic E-state index is 12.6. The van der Waals surface area contributed by atoms with Gasteiger partial charge in [-0.3, -0.25) is 4.98 Å². The van der Waals surface area contributed by atoms with E-state index in [1.807, 2.05) is 41.3 Å². The Morgan fingerprint density at radius 1 is 1.27 bits per heavy atom. The molecule has 5 nitrogen and oxygen atoms in total. The third-order valence-electron chi connectivity index (χ3n) is 3.70. The summed E-state index contributed by atoms with van der Waals surface area (Å²) in [6.07, 6.45) is 5.62. The quantitative estimate of drug-likeness (QED) is 0.921. The predicted molar refractivity (Wildman–Crippen MR) is 84.8 cm³/mol. The minimum absolute atomic E-state index is 0.0937. The minimum Gasteiger partial charge on any atom is -0.495 e. The molecule has 114 valence electrons. The molecule has 5 heteroatoms. The number of rotatable bonds is 5. The van der Waals surface area contributed by atoms with Crippen LogP contribution in [-0.2, 0) is 6.54 Å². The summed E-state index contributed by atoms with van der Waals surface area (Å²) in [4.78, 5) is 18.5. The molecule has 1 fully saturated rings. The highest BCUT2D eigenvalue weighted by molar-refractivity contribution is 5.91. The van der Waals surface area contributed by atoms with Gasteiger partial charge in [0, 0.05) is 25.0 Å². The molecule has 1 N–H and O–H groups in total. The van der Waals surface area contributed by atoms with Crippen molar-refractivity contribution in [3.8, 4) is 5.75 Å². The molecule has 22 heavy (non-hydrogen) atoms. The molecule has 2 amide bonds. The Kier molecular flexibility index (Phi) is 4.23. The van der Waals surface area contributed by atoms with Crippen molar-refractivity contribution >= 4 is 11.7 Å². The number of anilines is 1. The van der Waals surface area contributed by atoms with Crippen molar-refractivity contribution in [3.05, 3.63) is 54.4 Å². The third kappa shape index (κ3) is 3.36. The number of benzene rings is 1. The van der Waals surface area contributed by atoms with Crippen LogP contribution >= 0.6 is 0 Å². The van der Waals surface area contributed by atoms with Gasteiger partial charge in [-0.1, -0.05) is 12.1 Å². The molecule has 3 rings (SSSR count). The van der Waals surface area contributed by atoms with E-state index in [2.05, 4.69) is 10.3 Å². The number of hydrogen-bond donors (Lipinski definition) is 1. The zero-order valence-electron chi connectivity index (χ0n) is 12.5. The maximum Gasteiger partial charge on any atom is 0.322 e. The number of nitrogens with one attached hydrogen (secondary N) is 1. The molecule has 1 aliphatic carbocycles. The molecule has 1 heterocycles. The van der Waals surface area contributed by atoms with Crippen LogP contribution in [0, 0.1) is 0 Å². The molecular formula is C17H19N3O2. The molecule has 1 saturated carbocycles. The van der Waals surface area contributed by atoms with Crippen molar-refractivity contribution in [1.82, 2.24) is 9.88 Å². The van der Waals surface area contributed by atoms with Crippen LogP contribution in [0.5, 0.6) is 5.75 Å². The van der Waals surface area contributed by atoms with Crippen LogP contribution in [0.2, 0.25) is 0 Å². The SMILES string of the molecule is COc1ccccc1NC(=O)N(Cc1ccncc1)C1CC1. The first-order valence-corrected chi connectivity index (χ1v) is 7.37. The van der Waals surface area contributed by atoms with E-state index in [0.717, 1.165) is 18.4 Å². The smallest absolute Gasteiger partial charge is 0.322 e. The van der Waals surface area contributed by atoms with Crippen LogP contribution in [0.1, 0.15) is 18.4 Å². The Hall–Kier alpha value is -2.56. The van der Waals surface area contributed by atoms with Crippen LogP contribution < -0.4 is 10.1 Å². The van der Waals surface area contributed by atoms with E-state index >= 15 is 0 Å². The largest absolute Gasteiger partial charge is 0.495 e. The van der Waals surface area contributed by atoms with E-state index in [0.29, 0.717) is 24.0 Å². The summed E-state index contributed by atoms with van der Waals surface area (Å²) < 4.78 is 5.28. The lowest BCUT2D eigenvalue weighted by atomic mass is 10.2. The number of hydrogen-bond acceptors (Lipinski definition) is 3. The average Bonchev–Trinajstić information content (AvgIpc) is 3.39. The average molecular weight is 297 g/mol. The summed E-state index contributed by atoms with van der Waals surface area (Å²) in [5.74, 6) is 0.663. The van der Waals surface area contributed by atoms with E-state index in [9.17, 15) is 4.79 Å². The molecule has 2 aromatic rings. The lowest BCUT2D eigenvalue weighted by Crippen LogP contribution is -2.36. The molecule has 1 aliphatic rings. The number of aromatic nitrogens is 1. The molecule has 1 aromatic heterocycles. The third-order valence-corrected chi connectivity index (χ3v) is 3.70. The number of nitrogens with zero attached hydrogens (tertiary/aromatic N) is 2. The molecule has 0 aliphatic heterocycles. The monoisotopic (exact) mass is 297 g/mol. The molecule has 0 spiro atoms. The van der Waals surface area contributed by atoms with Gasteiger partial charge in [0.15, 0.2) is 0 Å². The summed E-state index contributed by atoms with van der Waals surface area (Å²) >= 11 is 0. The van der Waals surface area contributed by atoms with Gasteiger partial charge in [0.25, 0.3) is 0 Å².